The Morgan fingerprint density at radius 3 is 1.15 bits per heavy atom. The monoisotopic (exact) mass is 699 g/mol. The first-order valence-electron chi connectivity index (χ1n) is 19.1. The van der Waals surface area contributed by atoms with Gasteiger partial charge in [-0.3, -0.25) is 0 Å². The van der Waals surface area contributed by atoms with Crippen molar-refractivity contribution in [2.45, 2.75) is 55.4 Å². The van der Waals surface area contributed by atoms with E-state index in [0.717, 1.165) is 17.1 Å². The van der Waals surface area contributed by atoms with Crippen LogP contribution >= 0.6 is 0 Å². The van der Waals surface area contributed by atoms with Gasteiger partial charge >= 0.3 is 0 Å². The molecule has 2 heterocycles. The van der Waals surface area contributed by atoms with Gasteiger partial charge in [-0.25, -0.2) is 0 Å². The van der Waals surface area contributed by atoms with E-state index < -0.39 is 0 Å². The number of fused-ring (bicyclic) bond motifs is 4. The molecule has 9 rings (SSSR count). The maximum atomic E-state index is 2.52. The summed E-state index contributed by atoms with van der Waals surface area (Å²) in [5.74, 6) is 0. The molecule has 0 saturated carbocycles. The van der Waals surface area contributed by atoms with E-state index in [0.29, 0.717) is 0 Å². The van der Waals surface area contributed by atoms with Crippen LogP contribution in [-0.4, -0.2) is 6.71 Å². The lowest BCUT2D eigenvalue weighted by atomic mass is 9.33. The van der Waals surface area contributed by atoms with Crippen LogP contribution < -0.4 is 31.1 Å². The Hall–Kier alpha value is -6.00. The number of benzene rings is 7. The highest BCUT2D eigenvalue weighted by Crippen LogP contribution is 2.49. The molecular weight excluding hydrogens is 653 g/mol. The van der Waals surface area contributed by atoms with E-state index in [-0.39, 0.29) is 6.71 Å². The van der Waals surface area contributed by atoms with E-state index in [4.69, 9.17) is 0 Å². The van der Waals surface area contributed by atoms with Crippen molar-refractivity contribution >= 4 is 74.3 Å². The maximum absolute atomic E-state index is 2.52. The molecule has 0 bridgehead atoms. The van der Waals surface area contributed by atoms with Crippen LogP contribution in [0.3, 0.4) is 0 Å². The molecule has 0 radical (unpaired) electrons. The second kappa shape index (κ2) is 12.8. The van der Waals surface area contributed by atoms with Crippen LogP contribution in [0.1, 0.15) is 44.5 Å². The molecule has 0 N–H and O–H groups in total. The number of anilines is 9. The first kappa shape index (κ1) is 33.8. The molecule has 0 aromatic heterocycles. The van der Waals surface area contributed by atoms with E-state index >= 15 is 0 Å². The predicted octanol–water partition coefficient (Wildman–Crippen LogP) is 11.7. The first-order chi connectivity index (χ1) is 26.0. The lowest BCUT2D eigenvalue weighted by Gasteiger charge is -2.45. The van der Waals surface area contributed by atoms with Gasteiger partial charge in [0.25, 0.3) is 6.71 Å². The van der Waals surface area contributed by atoms with Crippen LogP contribution in [0.15, 0.2) is 133 Å². The molecular formula is C50H46BN3. The lowest BCUT2D eigenvalue weighted by molar-refractivity contribution is 1.19. The molecule has 0 unspecified atom stereocenters. The minimum Gasteiger partial charge on any atom is -0.311 e. The number of rotatable bonds is 5. The van der Waals surface area contributed by atoms with Gasteiger partial charge in [0, 0.05) is 45.5 Å². The van der Waals surface area contributed by atoms with Gasteiger partial charge in [-0.1, -0.05) is 106 Å². The third-order valence-electron chi connectivity index (χ3n) is 11.4. The Bertz CT molecular complexity index is 2430. The highest BCUT2D eigenvalue weighted by Gasteiger charge is 2.44. The van der Waals surface area contributed by atoms with Gasteiger partial charge in [-0.2, -0.15) is 0 Å². The topological polar surface area (TPSA) is 9.72 Å². The average molecular weight is 700 g/mol. The van der Waals surface area contributed by atoms with Crippen LogP contribution in [-0.2, 0) is 0 Å². The Labute approximate surface area is 321 Å². The van der Waals surface area contributed by atoms with Crippen molar-refractivity contribution in [1.29, 1.82) is 0 Å². The summed E-state index contributed by atoms with van der Waals surface area (Å²) in [6.07, 6.45) is 0. The minimum absolute atomic E-state index is 0.0629. The van der Waals surface area contributed by atoms with Crippen molar-refractivity contribution in [1.82, 2.24) is 0 Å². The van der Waals surface area contributed by atoms with Gasteiger partial charge in [-0.05, 0) is 144 Å². The van der Waals surface area contributed by atoms with E-state index in [1.807, 2.05) is 0 Å². The van der Waals surface area contributed by atoms with Crippen molar-refractivity contribution in [2.24, 2.45) is 0 Å². The summed E-state index contributed by atoms with van der Waals surface area (Å²) in [4.78, 5) is 7.53. The molecule has 54 heavy (non-hydrogen) atoms. The Balaban J connectivity index is 1.43. The van der Waals surface area contributed by atoms with Gasteiger partial charge in [0.15, 0.2) is 0 Å². The van der Waals surface area contributed by atoms with Gasteiger partial charge < -0.3 is 14.7 Å². The van der Waals surface area contributed by atoms with Gasteiger partial charge in [-0.15, -0.1) is 0 Å². The fraction of sp³-hybridized carbons (Fsp3) is 0.160. The van der Waals surface area contributed by atoms with E-state index in [9.17, 15) is 0 Å². The second-order valence-electron chi connectivity index (χ2n) is 15.7. The smallest absolute Gasteiger partial charge is 0.252 e. The Morgan fingerprint density at radius 2 is 0.741 bits per heavy atom. The Morgan fingerprint density at radius 1 is 0.370 bits per heavy atom. The zero-order chi connectivity index (χ0) is 37.4. The maximum Gasteiger partial charge on any atom is 0.252 e. The van der Waals surface area contributed by atoms with Crippen molar-refractivity contribution in [2.75, 3.05) is 14.7 Å². The summed E-state index contributed by atoms with van der Waals surface area (Å²) in [7, 11) is 0. The fourth-order valence-corrected chi connectivity index (χ4v) is 8.82. The average Bonchev–Trinajstić information content (AvgIpc) is 3.14. The standard InChI is InChI=1S/C50H46BN3/c1-31-9-17-39(18-10-31)52-46-23-15-35(5)27-42(46)51-43-28-36(6)16-24-47(43)53(40-19-11-32(2)12-20-40)49-30-41(29-48(52)50(49)51)54(44-21-13-33(3)25-37(44)7)45-22-14-34(4)26-38(45)8/h9-30H,1-8H3. The van der Waals surface area contributed by atoms with Crippen LogP contribution in [0.5, 0.6) is 0 Å². The van der Waals surface area contributed by atoms with E-state index in [1.54, 1.807) is 0 Å². The molecule has 0 saturated heterocycles. The van der Waals surface area contributed by atoms with E-state index in [1.165, 1.54) is 95.0 Å². The van der Waals surface area contributed by atoms with Gasteiger partial charge in [0.2, 0.25) is 0 Å². The zero-order valence-corrected chi connectivity index (χ0v) is 32.6. The normalized spacial score (nSPS) is 12.7. The molecule has 4 heteroatoms. The minimum atomic E-state index is 0.0629. The van der Waals surface area contributed by atoms with Gasteiger partial charge in [0.05, 0.1) is 5.69 Å². The largest absolute Gasteiger partial charge is 0.311 e. The number of aryl methyl sites for hydroxylation is 8. The molecule has 2 aliphatic rings. The van der Waals surface area contributed by atoms with Crippen molar-refractivity contribution in [3.8, 4) is 0 Å². The summed E-state index contributed by atoms with van der Waals surface area (Å²) < 4.78 is 0. The van der Waals surface area contributed by atoms with Crippen molar-refractivity contribution in [3.05, 3.63) is 178 Å². The van der Waals surface area contributed by atoms with E-state index in [2.05, 4.69) is 204 Å². The summed E-state index contributed by atoms with van der Waals surface area (Å²) in [6, 6.07) is 50.7. The second-order valence-corrected chi connectivity index (χ2v) is 15.7. The number of hydrogen-bond donors (Lipinski definition) is 0. The highest BCUT2D eigenvalue weighted by molar-refractivity contribution is 7.00. The lowest BCUT2D eigenvalue weighted by Crippen LogP contribution is -2.61. The molecule has 264 valence electrons. The molecule has 7 aromatic rings. The molecule has 0 spiro atoms. The van der Waals surface area contributed by atoms with Crippen LogP contribution in [0, 0.1) is 55.4 Å². The summed E-state index contributed by atoms with van der Waals surface area (Å²) in [5, 5.41) is 0. The summed E-state index contributed by atoms with van der Waals surface area (Å²) >= 11 is 0. The SMILES string of the molecule is Cc1ccc(N2c3ccc(C)cc3B3c4cc(C)ccc4N(c4ccc(C)cc4)c4cc(N(c5ccc(C)cc5C)c5ccc(C)cc5C)cc2c43)cc1. The fourth-order valence-electron chi connectivity index (χ4n) is 8.82. The molecule has 0 atom stereocenters. The van der Waals surface area contributed by atoms with Crippen LogP contribution in [0.2, 0.25) is 0 Å². The van der Waals surface area contributed by atoms with Crippen LogP contribution in [0.4, 0.5) is 51.2 Å². The molecule has 3 nitrogen and oxygen atoms in total. The number of hydrogen-bond acceptors (Lipinski definition) is 3. The van der Waals surface area contributed by atoms with Crippen molar-refractivity contribution < 1.29 is 0 Å². The van der Waals surface area contributed by atoms with Gasteiger partial charge in [0.1, 0.15) is 0 Å². The predicted molar refractivity (Wildman–Crippen MR) is 233 cm³/mol. The molecule has 0 fully saturated rings. The zero-order valence-electron chi connectivity index (χ0n) is 32.6. The summed E-state index contributed by atoms with van der Waals surface area (Å²) in [5.41, 5.74) is 24.7. The van der Waals surface area contributed by atoms with Crippen molar-refractivity contribution in [3.63, 3.8) is 0 Å². The number of nitrogens with zero attached hydrogens (tertiary/aromatic N) is 3. The highest BCUT2D eigenvalue weighted by atomic mass is 15.2. The molecule has 0 amide bonds. The molecule has 2 aliphatic heterocycles. The third kappa shape index (κ3) is 5.51. The molecule has 0 aliphatic carbocycles. The Kier molecular flexibility index (Phi) is 8.04. The molecule has 7 aromatic carbocycles. The summed E-state index contributed by atoms with van der Waals surface area (Å²) in [6.45, 7) is 17.7. The van der Waals surface area contributed by atoms with Crippen LogP contribution in [0.25, 0.3) is 0 Å². The first-order valence-corrected chi connectivity index (χ1v) is 19.1. The quantitative estimate of drug-likeness (QED) is 0.166. The third-order valence-corrected chi connectivity index (χ3v) is 11.4.